The van der Waals surface area contributed by atoms with Gasteiger partial charge in [0, 0.05) is 40.3 Å². The summed E-state index contributed by atoms with van der Waals surface area (Å²) >= 11 is 0. The van der Waals surface area contributed by atoms with Crippen molar-refractivity contribution < 1.29 is 0 Å². The zero-order valence-electron chi connectivity index (χ0n) is 26.4. The van der Waals surface area contributed by atoms with Gasteiger partial charge in [-0.15, -0.1) is 0 Å². The Balaban J connectivity index is 1.18. The first-order valence-corrected chi connectivity index (χ1v) is 16.1. The maximum atomic E-state index is 2.35. The summed E-state index contributed by atoms with van der Waals surface area (Å²) in [5.74, 6) is 0. The maximum absolute atomic E-state index is 2.35. The van der Waals surface area contributed by atoms with Gasteiger partial charge in [0.05, 0.1) is 12.7 Å². The number of hydrogen-bond donors (Lipinski definition) is 0. The number of nitrogens with zero attached hydrogens (tertiary/aromatic N) is 2. The standard InChI is InChI=1S/C45H35N2/c1-47(40-20-6-3-7-21-40,45-25-13-17-37-15-9-11-23-43(37)45)41-32-28-35(29-33-41)34-26-30-39(31-27-34)46(38-18-4-2-5-19-38)44-24-12-16-36-14-8-10-22-42(36)44/h2-33H,1H3/q+1. The van der Waals surface area contributed by atoms with Crippen molar-refractivity contribution in [2.75, 3.05) is 11.9 Å². The predicted octanol–water partition coefficient (Wildman–Crippen LogP) is 12.7. The van der Waals surface area contributed by atoms with Crippen LogP contribution < -0.4 is 9.38 Å². The number of quaternary nitrogens is 1. The summed E-state index contributed by atoms with van der Waals surface area (Å²) in [6.07, 6.45) is 0. The average molecular weight is 604 g/mol. The third-order valence-corrected chi connectivity index (χ3v) is 9.39. The molecule has 0 heterocycles. The molecule has 47 heavy (non-hydrogen) atoms. The second-order valence-corrected chi connectivity index (χ2v) is 12.1. The smallest absolute Gasteiger partial charge is 0.150 e. The second kappa shape index (κ2) is 12.1. The van der Waals surface area contributed by atoms with Crippen LogP contribution in [-0.2, 0) is 0 Å². The van der Waals surface area contributed by atoms with Crippen LogP contribution in [0.15, 0.2) is 194 Å². The molecule has 0 aliphatic heterocycles. The highest BCUT2D eigenvalue weighted by Gasteiger charge is 2.33. The Morgan fingerprint density at radius 3 is 1.51 bits per heavy atom. The van der Waals surface area contributed by atoms with E-state index in [0.717, 1.165) is 17.1 Å². The lowest BCUT2D eigenvalue weighted by Gasteiger charge is -2.34. The third-order valence-electron chi connectivity index (χ3n) is 9.39. The van der Waals surface area contributed by atoms with Gasteiger partial charge in [-0.25, -0.2) is 4.48 Å². The topological polar surface area (TPSA) is 3.24 Å². The van der Waals surface area contributed by atoms with E-state index in [9.17, 15) is 0 Å². The molecule has 0 aliphatic carbocycles. The number of fused-ring (bicyclic) bond motifs is 2. The van der Waals surface area contributed by atoms with E-state index < -0.39 is 0 Å². The van der Waals surface area contributed by atoms with Crippen LogP contribution in [0.5, 0.6) is 0 Å². The third kappa shape index (κ3) is 5.15. The molecule has 224 valence electrons. The van der Waals surface area contributed by atoms with Gasteiger partial charge >= 0.3 is 0 Å². The lowest BCUT2D eigenvalue weighted by molar-refractivity contribution is 0.632. The van der Waals surface area contributed by atoms with Crippen molar-refractivity contribution >= 4 is 55.7 Å². The van der Waals surface area contributed by atoms with Crippen LogP contribution in [0, 0.1) is 0 Å². The summed E-state index contributed by atoms with van der Waals surface area (Å²) in [5, 5.41) is 4.96. The van der Waals surface area contributed by atoms with Crippen LogP contribution in [0.2, 0.25) is 0 Å². The van der Waals surface area contributed by atoms with Crippen molar-refractivity contribution in [3.8, 4) is 11.1 Å². The number of benzene rings is 8. The molecule has 1 atom stereocenters. The molecule has 2 nitrogen and oxygen atoms in total. The number of anilines is 3. The fourth-order valence-corrected chi connectivity index (χ4v) is 6.91. The molecule has 0 saturated heterocycles. The first-order chi connectivity index (χ1) is 23.2. The Labute approximate surface area is 276 Å². The molecule has 8 rings (SSSR count). The number of rotatable bonds is 7. The molecule has 0 saturated carbocycles. The van der Waals surface area contributed by atoms with E-state index >= 15 is 0 Å². The highest BCUT2D eigenvalue weighted by Crippen LogP contribution is 2.46. The molecule has 2 heteroatoms. The summed E-state index contributed by atoms with van der Waals surface area (Å²) < 4.78 is 0.568. The van der Waals surface area contributed by atoms with Crippen LogP contribution in [0.25, 0.3) is 32.7 Å². The highest BCUT2D eigenvalue weighted by molar-refractivity contribution is 5.99. The van der Waals surface area contributed by atoms with Crippen LogP contribution in [0.4, 0.5) is 34.1 Å². The Bertz CT molecular complexity index is 2280. The molecule has 0 spiro atoms. The van der Waals surface area contributed by atoms with Crippen molar-refractivity contribution in [2.24, 2.45) is 0 Å². The second-order valence-electron chi connectivity index (χ2n) is 12.1. The van der Waals surface area contributed by atoms with Crippen molar-refractivity contribution in [1.82, 2.24) is 4.48 Å². The van der Waals surface area contributed by atoms with Gasteiger partial charge in [-0.3, -0.25) is 0 Å². The summed E-state index contributed by atoms with van der Waals surface area (Å²) in [7, 11) is 2.30. The fraction of sp³-hybridized carbons (Fsp3) is 0.0222. The van der Waals surface area contributed by atoms with Gasteiger partial charge in [0.1, 0.15) is 11.4 Å². The first-order valence-electron chi connectivity index (χ1n) is 16.1. The van der Waals surface area contributed by atoms with Gasteiger partial charge in [-0.05, 0) is 82.6 Å². The summed E-state index contributed by atoms with van der Waals surface area (Å²) in [4.78, 5) is 2.35. The predicted molar refractivity (Wildman–Crippen MR) is 201 cm³/mol. The Morgan fingerprint density at radius 1 is 0.362 bits per heavy atom. The van der Waals surface area contributed by atoms with Crippen LogP contribution >= 0.6 is 0 Å². The van der Waals surface area contributed by atoms with E-state index in [2.05, 4.69) is 206 Å². The molecule has 0 amide bonds. The quantitative estimate of drug-likeness (QED) is 0.164. The fourth-order valence-electron chi connectivity index (χ4n) is 6.91. The lowest BCUT2D eigenvalue weighted by Crippen LogP contribution is -2.33. The van der Waals surface area contributed by atoms with E-state index in [1.165, 1.54) is 49.7 Å². The molecule has 0 radical (unpaired) electrons. The van der Waals surface area contributed by atoms with E-state index in [1.807, 2.05) is 0 Å². The van der Waals surface area contributed by atoms with Gasteiger partial charge in [0.25, 0.3) is 0 Å². The molecule has 8 aromatic rings. The van der Waals surface area contributed by atoms with E-state index in [0.29, 0.717) is 4.48 Å². The Kier molecular flexibility index (Phi) is 7.33. The van der Waals surface area contributed by atoms with E-state index in [1.54, 1.807) is 0 Å². The van der Waals surface area contributed by atoms with Crippen LogP contribution in [-0.4, -0.2) is 7.05 Å². The number of hydrogen-bond acceptors (Lipinski definition) is 1. The monoisotopic (exact) mass is 603 g/mol. The van der Waals surface area contributed by atoms with Gasteiger partial charge in [-0.2, -0.15) is 0 Å². The van der Waals surface area contributed by atoms with Crippen LogP contribution in [0.1, 0.15) is 0 Å². The Morgan fingerprint density at radius 2 is 0.830 bits per heavy atom. The lowest BCUT2D eigenvalue weighted by atomic mass is 10.0. The summed E-state index contributed by atoms with van der Waals surface area (Å²) in [5.41, 5.74) is 9.47. The number of para-hydroxylation sites is 2. The van der Waals surface area contributed by atoms with Crippen molar-refractivity contribution in [2.45, 2.75) is 0 Å². The molecule has 0 fully saturated rings. The zero-order valence-corrected chi connectivity index (χ0v) is 26.4. The van der Waals surface area contributed by atoms with Crippen LogP contribution in [0.3, 0.4) is 0 Å². The molecule has 0 aromatic heterocycles. The summed E-state index contributed by atoms with van der Waals surface area (Å²) in [6.45, 7) is 0. The Hall–Kier alpha value is -5.96. The molecule has 0 aliphatic rings. The molecule has 8 aromatic carbocycles. The van der Waals surface area contributed by atoms with Gasteiger partial charge in [0.2, 0.25) is 0 Å². The molecular weight excluding hydrogens is 569 g/mol. The SMILES string of the molecule is C[N+](c1ccccc1)(c1ccc(-c2ccc(N(c3ccccc3)c3cccc4ccccc34)cc2)cc1)c1cccc2ccccc12. The van der Waals surface area contributed by atoms with E-state index in [4.69, 9.17) is 0 Å². The zero-order chi connectivity index (χ0) is 31.6. The minimum absolute atomic E-state index is 0.568. The molecular formula is C45H35N2+. The van der Waals surface area contributed by atoms with Gasteiger partial charge < -0.3 is 4.90 Å². The van der Waals surface area contributed by atoms with Crippen molar-refractivity contribution in [1.29, 1.82) is 0 Å². The normalized spacial score (nSPS) is 12.5. The molecule has 0 bridgehead atoms. The van der Waals surface area contributed by atoms with Crippen molar-refractivity contribution in [3.63, 3.8) is 0 Å². The minimum atomic E-state index is 0.568. The minimum Gasteiger partial charge on any atom is -0.310 e. The van der Waals surface area contributed by atoms with Gasteiger partial charge in [0.15, 0.2) is 5.69 Å². The maximum Gasteiger partial charge on any atom is 0.150 e. The molecule has 0 N–H and O–H groups in total. The average Bonchev–Trinajstić information content (AvgIpc) is 3.16. The van der Waals surface area contributed by atoms with E-state index in [-0.39, 0.29) is 0 Å². The summed E-state index contributed by atoms with van der Waals surface area (Å²) in [6, 6.07) is 69.9. The molecule has 1 unspecified atom stereocenters. The van der Waals surface area contributed by atoms with Crippen molar-refractivity contribution in [3.05, 3.63) is 194 Å². The highest BCUT2D eigenvalue weighted by atomic mass is 15.3. The first kappa shape index (κ1) is 28.5. The van der Waals surface area contributed by atoms with Gasteiger partial charge in [-0.1, -0.05) is 115 Å². The largest absolute Gasteiger partial charge is 0.310 e.